The van der Waals surface area contributed by atoms with Gasteiger partial charge in [-0.1, -0.05) is 6.42 Å². The molecule has 0 radical (unpaired) electrons. The molecule has 2 spiro atoms. The molecule has 0 amide bonds. The highest BCUT2D eigenvalue weighted by atomic mass is 16.5. The minimum Gasteiger partial charge on any atom is -0.370 e. The second-order valence-electron chi connectivity index (χ2n) is 5.50. The third-order valence-electron chi connectivity index (χ3n) is 5.04. The van der Waals surface area contributed by atoms with Crippen molar-refractivity contribution in [3.8, 4) is 0 Å². The monoisotopic (exact) mass is 195 g/mol. The van der Waals surface area contributed by atoms with E-state index in [0.717, 1.165) is 6.54 Å². The third-order valence-corrected chi connectivity index (χ3v) is 5.04. The molecule has 1 aliphatic heterocycles. The molecular formula is C12H21NO. The van der Waals surface area contributed by atoms with Gasteiger partial charge in [-0.2, -0.15) is 0 Å². The summed E-state index contributed by atoms with van der Waals surface area (Å²) >= 11 is 0. The molecule has 2 heteroatoms. The molecular weight excluding hydrogens is 174 g/mol. The maximum atomic E-state index is 6.29. The van der Waals surface area contributed by atoms with Crippen molar-refractivity contribution in [1.82, 2.24) is 0 Å². The molecule has 0 aromatic heterocycles. The Morgan fingerprint density at radius 3 is 2.36 bits per heavy atom. The van der Waals surface area contributed by atoms with Crippen LogP contribution < -0.4 is 5.73 Å². The fourth-order valence-electron chi connectivity index (χ4n) is 4.09. The molecule has 3 aliphatic rings. The first-order valence-electron chi connectivity index (χ1n) is 6.18. The van der Waals surface area contributed by atoms with E-state index in [9.17, 15) is 0 Å². The van der Waals surface area contributed by atoms with Gasteiger partial charge in [0.25, 0.3) is 0 Å². The normalized spacial score (nSPS) is 44.8. The minimum atomic E-state index is 0.273. The quantitative estimate of drug-likeness (QED) is 0.696. The Bertz CT molecular complexity index is 236. The summed E-state index contributed by atoms with van der Waals surface area (Å²) in [6, 6.07) is 0. The Kier molecular flexibility index (Phi) is 1.94. The predicted octanol–water partition coefficient (Wildman–Crippen LogP) is 2.22. The zero-order valence-electron chi connectivity index (χ0n) is 8.93. The fraction of sp³-hybridized carbons (Fsp3) is 1.00. The summed E-state index contributed by atoms with van der Waals surface area (Å²) in [7, 11) is 0. The van der Waals surface area contributed by atoms with Gasteiger partial charge in [0.1, 0.15) is 0 Å². The van der Waals surface area contributed by atoms with Crippen LogP contribution in [0.4, 0.5) is 0 Å². The maximum Gasteiger partial charge on any atom is 0.0743 e. The SMILES string of the molecule is NCC1CCC2(CCCC23CCC3)O1. The Hall–Kier alpha value is -0.0800. The van der Waals surface area contributed by atoms with Crippen molar-refractivity contribution in [3.63, 3.8) is 0 Å². The molecule has 80 valence electrons. The van der Waals surface area contributed by atoms with Crippen LogP contribution in [0.25, 0.3) is 0 Å². The van der Waals surface area contributed by atoms with Crippen LogP contribution in [0.2, 0.25) is 0 Å². The van der Waals surface area contributed by atoms with Crippen LogP contribution in [0, 0.1) is 5.41 Å². The van der Waals surface area contributed by atoms with Gasteiger partial charge < -0.3 is 10.5 Å². The van der Waals surface area contributed by atoms with E-state index in [0.29, 0.717) is 11.5 Å². The molecule has 2 nitrogen and oxygen atoms in total. The second-order valence-corrected chi connectivity index (χ2v) is 5.50. The number of nitrogens with two attached hydrogens (primary N) is 1. The highest BCUT2D eigenvalue weighted by Crippen LogP contribution is 2.64. The first-order valence-corrected chi connectivity index (χ1v) is 6.18. The van der Waals surface area contributed by atoms with Crippen molar-refractivity contribution < 1.29 is 4.74 Å². The van der Waals surface area contributed by atoms with Crippen LogP contribution >= 0.6 is 0 Å². The van der Waals surface area contributed by atoms with E-state index in [-0.39, 0.29) is 5.60 Å². The van der Waals surface area contributed by atoms with Crippen LogP contribution in [0.15, 0.2) is 0 Å². The van der Waals surface area contributed by atoms with Crippen molar-refractivity contribution >= 4 is 0 Å². The highest BCUT2D eigenvalue weighted by Gasteiger charge is 2.60. The fourth-order valence-corrected chi connectivity index (χ4v) is 4.09. The Morgan fingerprint density at radius 1 is 1.07 bits per heavy atom. The van der Waals surface area contributed by atoms with Crippen molar-refractivity contribution in [3.05, 3.63) is 0 Å². The third kappa shape index (κ3) is 0.989. The molecule has 2 saturated carbocycles. The van der Waals surface area contributed by atoms with Crippen molar-refractivity contribution in [2.75, 3.05) is 6.54 Å². The highest BCUT2D eigenvalue weighted by molar-refractivity contribution is 5.11. The average molecular weight is 195 g/mol. The van der Waals surface area contributed by atoms with E-state index in [1.54, 1.807) is 0 Å². The van der Waals surface area contributed by atoms with E-state index in [2.05, 4.69) is 0 Å². The predicted molar refractivity (Wildman–Crippen MR) is 56.0 cm³/mol. The smallest absolute Gasteiger partial charge is 0.0743 e. The molecule has 14 heavy (non-hydrogen) atoms. The maximum absolute atomic E-state index is 6.29. The van der Waals surface area contributed by atoms with Crippen LogP contribution in [-0.2, 0) is 4.74 Å². The zero-order valence-corrected chi connectivity index (χ0v) is 8.93. The lowest BCUT2D eigenvalue weighted by atomic mass is 9.59. The van der Waals surface area contributed by atoms with Gasteiger partial charge in [0, 0.05) is 6.54 Å². The number of ether oxygens (including phenoxy) is 1. The largest absolute Gasteiger partial charge is 0.370 e. The summed E-state index contributed by atoms with van der Waals surface area (Å²) in [4.78, 5) is 0. The van der Waals surface area contributed by atoms with Gasteiger partial charge in [-0.3, -0.25) is 0 Å². The summed E-state index contributed by atoms with van der Waals surface area (Å²) < 4.78 is 6.29. The molecule has 2 unspecified atom stereocenters. The summed E-state index contributed by atoms with van der Waals surface area (Å²) in [6.07, 6.45) is 11.2. The number of hydrogen-bond donors (Lipinski definition) is 1. The second kappa shape index (κ2) is 2.96. The van der Waals surface area contributed by atoms with Crippen molar-refractivity contribution in [1.29, 1.82) is 0 Å². The van der Waals surface area contributed by atoms with Gasteiger partial charge in [-0.15, -0.1) is 0 Å². The van der Waals surface area contributed by atoms with Crippen LogP contribution in [0.3, 0.4) is 0 Å². The Morgan fingerprint density at radius 2 is 1.79 bits per heavy atom. The summed E-state index contributed by atoms with van der Waals surface area (Å²) in [5.74, 6) is 0. The molecule has 0 aromatic carbocycles. The van der Waals surface area contributed by atoms with Crippen molar-refractivity contribution in [2.24, 2.45) is 11.1 Å². The average Bonchev–Trinajstić information content (AvgIpc) is 2.70. The minimum absolute atomic E-state index is 0.273. The molecule has 2 N–H and O–H groups in total. The standard InChI is InChI=1S/C12H21NO/c13-9-10-3-8-12(14-10)7-2-6-11(12)4-1-5-11/h10H,1-9,13H2. The van der Waals surface area contributed by atoms with Crippen LogP contribution in [0.5, 0.6) is 0 Å². The molecule has 0 aromatic rings. The lowest BCUT2D eigenvalue weighted by Crippen LogP contribution is -2.48. The molecule has 1 heterocycles. The van der Waals surface area contributed by atoms with E-state index >= 15 is 0 Å². The first-order chi connectivity index (χ1) is 6.80. The lowest BCUT2D eigenvalue weighted by Gasteiger charge is -2.50. The molecule has 2 atom stereocenters. The van der Waals surface area contributed by atoms with Crippen molar-refractivity contribution in [2.45, 2.75) is 63.1 Å². The number of hydrogen-bond acceptors (Lipinski definition) is 2. The van der Waals surface area contributed by atoms with Gasteiger partial charge in [-0.05, 0) is 50.4 Å². The van der Waals surface area contributed by atoms with Gasteiger partial charge in [0.2, 0.25) is 0 Å². The van der Waals surface area contributed by atoms with Gasteiger partial charge in [0.15, 0.2) is 0 Å². The van der Waals surface area contributed by atoms with E-state index < -0.39 is 0 Å². The van der Waals surface area contributed by atoms with Gasteiger partial charge in [0.05, 0.1) is 11.7 Å². The first kappa shape index (κ1) is 9.17. The summed E-state index contributed by atoms with van der Waals surface area (Å²) in [6.45, 7) is 0.720. The van der Waals surface area contributed by atoms with Crippen LogP contribution in [-0.4, -0.2) is 18.2 Å². The van der Waals surface area contributed by atoms with E-state index in [1.807, 2.05) is 0 Å². The molecule has 2 aliphatic carbocycles. The topological polar surface area (TPSA) is 35.2 Å². The zero-order chi connectivity index (χ0) is 9.65. The number of fused-ring (bicyclic) bond motifs is 1. The Balaban J connectivity index is 1.82. The summed E-state index contributed by atoms with van der Waals surface area (Å²) in [5.41, 5.74) is 6.58. The molecule has 0 bridgehead atoms. The summed E-state index contributed by atoms with van der Waals surface area (Å²) in [5, 5.41) is 0. The Labute approximate surface area is 86.2 Å². The van der Waals surface area contributed by atoms with Gasteiger partial charge in [-0.25, -0.2) is 0 Å². The van der Waals surface area contributed by atoms with E-state index in [1.165, 1.54) is 51.4 Å². The van der Waals surface area contributed by atoms with Crippen LogP contribution in [0.1, 0.15) is 51.4 Å². The molecule has 3 fully saturated rings. The van der Waals surface area contributed by atoms with E-state index in [4.69, 9.17) is 10.5 Å². The molecule has 3 rings (SSSR count). The van der Waals surface area contributed by atoms with Gasteiger partial charge >= 0.3 is 0 Å². The lowest BCUT2D eigenvalue weighted by molar-refractivity contribution is -0.138. The number of rotatable bonds is 1. The molecule has 1 saturated heterocycles.